The van der Waals surface area contributed by atoms with Crippen molar-refractivity contribution < 1.29 is 4.79 Å². The zero-order valence-electron chi connectivity index (χ0n) is 13.8. The Hall–Kier alpha value is -2.84. The summed E-state index contributed by atoms with van der Waals surface area (Å²) in [6, 6.07) is 9.64. The third kappa shape index (κ3) is 3.29. The van der Waals surface area contributed by atoms with Crippen LogP contribution in [0.5, 0.6) is 0 Å². The van der Waals surface area contributed by atoms with Gasteiger partial charge in [0.05, 0.1) is 22.3 Å². The van der Waals surface area contributed by atoms with Gasteiger partial charge in [-0.2, -0.15) is 0 Å². The molecule has 26 heavy (non-hydrogen) atoms. The quantitative estimate of drug-likeness (QED) is 0.550. The number of thiophene rings is 1. The van der Waals surface area contributed by atoms with Crippen molar-refractivity contribution >= 4 is 55.1 Å². The molecule has 0 atom stereocenters. The number of hydrogen-bond donors (Lipinski definition) is 1. The zero-order valence-corrected chi connectivity index (χ0v) is 15.4. The summed E-state index contributed by atoms with van der Waals surface area (Å²) in [4.78, 5) is 37.4. The summed E-state index contributed by atoms with van der Waals surface area (Å²) in [5.74, 6) is 0.280. The van der Waals surface area contributed by atoms with Gasteiger partial charge in [0, 0.05) is 13.1 Å². The lowest BCUT2D eigenvalue weighted by Crippen LogP contribution is -2.26. The molecule has 130 valence electrons. The number of nitrogens with zero attached hydrogens (tertiary/aromatic N) is 3. The molecule has 0 aliphatic carbocycles. The number of likely N-dealkylation sites (N-methyl/N-ethyl adjacent to an activating group) is 1. The predicted octanol–water partition coefficient (Wildman–Crippen LogP) is 3.27. The van der Waals surface area contributed by atoms with Crippen molar-refractivity contribution in [2.45, 2.75) is 6.54 Å². The Kier molecular flexibility index (Phi) is 4.36. The first-order valence-electron chi connectivity index (χ1n) is 7.85. The lowest BCUT2D eigenvalue weighted by atomic mass is 10.3. The second-order valence-corrected chi connectivity index (χ2v) is 7.67. The molecule has 0 radical (unpaired) electrons. The molecule has 1 N–H and O–H groups in total. The lowest BCUT2D eigenvalue weighted by Gasteiger charge is -2.14. The maximum Gasteiger partial charge on any atom is 0.268 e. The molecule has 4 aromatic rings. The highest BCUT2D eigenvalue weighted by Gasteiger charge is 2.10. The van der Waals surface area contributed by atoms with E-state index in [0.29, 0.717) is 16.0 Å². The van der Waals surface area contributed by atoms with Crippen molar-refractivity contribution in [3.63, 3.8) is 0 Å². The number of carbonyl (C=O) groups excluding carboxylic acids is 1. The van der Waals surface area contributed by atoms with E-state index in [9.17, 15) is 9.59 Å². The molecule has 0 fully saturated rings. The van der Waals surface area contributed by atoms with Gasteiger partial charge in [0.2, 0.25) is 5.91 Å². The second kappa shape index (κ2) is 6.81. The highest BCUT2D eigenvalue weighted by atomic mass is 32.1. The molecule has 0 saturated carbocycles. The summed E-state index contributed by atoms with van der Waals surface area (Å²) < 4.78 is 1.68. The fourth-order valence-electron chi connectivity index (χ4n) is 2.53. The third-order valence-electron chi connectivity index (χ3n) is 3.81. The van der Waals surface area contributed by atoms with E-state index < -0.39 is 0 Å². The minimum Gasteiger partial charge on any atom is -0.335 e. The van der Waals surface area contributed by atoms with Gasteiger partial charge in [-0.3, -0.25) is 9.59 Å². The summed E-state index contributed by atoms with van der Waals surface area (Å²) in [6.07, 6.45) is 3.20. The molecule has 3 aromatic heterocycles. The molecule has 0 spiro atoms. The Labute approximate surface area is 156 Å². The molecule has 8 heteroatoms. The van der Waals surface area contributed by atoms with Crippen LogP contribution in [0.1, 0.15) is 10.8 Å². The van der Waals surface area contributed by atoms with Crippen LogP contribution in [-0.4, -0.2) is 32.8 Å². The van der Waals surface area contributed by atoms with E-state index in [0.717, 1.165) is 15.2 Å². The van der Waals surface area contributed by atoms with Gasteiger partial charge in [-0.1, -0.05) is 12.1 Å². The van der Waals surface area contributed by atoms with E-state index in [4.69, 9.17) is 0 Å². The number of rotatable bonds is 4. The van der Waals surface area contributed by atoms with Gasteiger partial charge in [-0.15, -0.1) is 22.7 Å². The van der Waals surface area contributed by atoms with E-state index >= 15 is 0 Å². The Morgan fingerprint density at radius 1 is 1.23 bits per heavy atom. The van der Waals surface area contributed by atoms with Crippen LogP contribution in [0.2, 0.25) is 0 Å². The molecule has 1 aromatic carbocycles. The number of amides is 1. The normalized spacial score (nSPS) is 11.6. The lowest BCUT2D eigenvalue weighted by molar-refractivity contribution is -0.125. The van der Waals surface area contributed by atoms with Gasteiger partial charge in [0.25, 0.3) is 5.56 Å². The molecular formula is C18H14N4O2S2. The number of fused-ring (bicyclic) bond motifs is 2. The monoisotopic (exact) mass is 382 g/mol. The predicted molar refractivity (Wildman–Crippen MR) is 105 cm³/mol. The Bertz CT molecular complexity index is 1160. The summed E-state index contributed by atoms with van der Waals surface area (Å²) in [6.45, 7) is 0.226. The van der Waals surface area contributed by atoms with E-state index in [1.165, 1.54) is 33.6 Å². The number of hydrogen-bond acceptors (Lipinski definition) is 6. The first-order valence-corrected chi connectivity index (χ1v) is 9.55. The summed E-state index contributed by atoms with van der Waals surface area (Å²) in [5, 5.41) is 2.60. The molecule has 6 nitrogen and oxygen atoms in total. The van der Waals surface area contributed by atoms with Crippen LogP contribution in [0.15, 0.2) is 46.6 Å². The number of aromatic nitrogens is 3. The largest absolute Gasteiger partial charge is 0.335 e. The number of thiazole rings is 1. The zero-order chi connectivity index (χ0) is 18.1. The van der Waals surface area contributed by atoms with Gasteiger partial charge in [0.15, 0.2) is 0 Å². The van der Waals surface area contributed by atoms with Crippen LogP contribution in [0.4, 0.5) is 0 Å². The molecule has 4 rings (SSSR count). The fraction of sp³-hybridized carbons (Fsp3) is 0.111. The Morgan fingerprint density at radius 3 is 2.92 bits per heavy atom. The number of carbonyl (C=O) groups is 1. The molecule has 0 bridgehead atoms. The Morgan fingerprint density at radius 2 is 2.08 bits per heavy atom. The molecule has 0 unspecified atom stereocenters. The molecular weight excluding hydrogens is 368 g/mol. The van der Waals surface area contributed by atoms with Crippen LogP contribution < -0.4 is 5.56 Å². The second-order valence-electron chi connectivity index (χ2n) is 5.70. The summed E-state index contributed by atoms with van der Waals surface area (Å²) in [5.41, 5.74) is 1.40. The van der Waals surface area contributed by atoms with Crippen LogP contribution in [-0.2, 0) is 11.3 Å². The van der Waals surface area contributed by atoms with Crippen LogP contribution in [0, 0.1) is 0 Å². The van der Waals surface area contributed by atoms with Crippen molar-refractivity contribution in [1.29, 1.82) is 0 Å². The number of para-hydroxylation sites is 1. The number of aromatic amines is 1. The maximum absolute atomic E-state index is 12.3. The Balaban J connectivity index is 1.49. The summed E-state index contributed by atoms with van der Waals surface area (Å²) >= 11 is 2.88. The number of benzene rings is 1. The first kappa shape index (κ1) is 16.6. The van der Waals surface area contributed by atoms with Gasteiger partial charge in [-0.05, 0) is 29.7 Å². The molecule has 0 aliphatic heterocycles. The van der Waals surface area contributed by atoms with Crippen molar-refractivity contribution in [3.05, 3.63) is 63.0 Å². The van der Waals surface area contributed by atoms with E-state index in [1.54, 1.807) is 19.2 Å². The molecule has 1 amide bonds. The van der Waals surface area contributed by atoms with Crippen LogP contribution in [0.25, 0.3) is 26.5 Å². The van der Waals surface area contributed by atoms with Gasteiger partial charge in [0.1, 0.15) is 15.5 Å². The van der Waals surface area contributed by atoms with Crippen LogP contribution >= 0.6 is 22.7 Å². The fourth-order valence-corrected chi connectivity index (χ4v) is 4.13. The smallest absolute Gasteiger partial charge is 0.268 e. The van der Waals surface area contributed by atoms with Gasteiger partial charge >= 0.3 is 0 Å². The highest BCUT2D eigenvalue weighted by Crippen LogP contribution is 2.22. The SMILES string of the molecule is CN(Cc1nc2ccsc2c(=O)[nH]1)C(=O)/C=C/c1nc2ccccc2s1. The van der Waals surface area contributed by atoms with E-state index in [-0.39, 0.29) is 18.0 Å². The first-order chi connectivity index (χ1) is 12.6. The van der Waals surface area contributed by atoms with Crippen molar-refractivity contribution in [1.82, 2.24) is 19.9 Å². The van der Waals surface area contributed by atoms with Crippen molar-refractivity contribution in [3.8, 4) is 0 Å². The average Bonchev–Trinajstić information content (AvgIpc) is 3.25. The third-order valence-corrected chi connectivity index (χ3v) is 5.71. The molecule has 0 aliphatic rings. The number of nitrogens with one attached hydrogen (secondary N) is 1. The summed E-state index contributed by atoms with van der Waals surface area (Å²) in [7, 11) is 1.67. The van der Waals surface area contributed by atoms with Crippen molar-refractivity contribution in [2.24, 2.45) is 0 Å². The van der Waals surface area contributed by atoms with Gasteiger partial charge < -0.3 is 9.88 Å². The number of H-pyrrole nitrogens is 1. The molecule has 3 heterocycles. The van der Waals surface area contributed by atoms with E-state index in [1.807, 2.05) is 29.6 Å². The topological polar surface area (TPSA) is 79.0 Å². The van der Waals surface area contributed by atoms with Gasteiger partial charge in [-0.25, -0.2) is 9.97 Å². The minimum atomic E-state index is -0.183. The highest BCUT2D eigenvalue weighted by molar-refractivity contribution is 7.19. The van der Waals surface area contributed by atoms with Crippen LogP contribution in [0.3, 0.4) is 0 Å². The van der Waals surface area contributed by atoms with Crippen molar-refractivity contribution in [2.75, 3.05) is 7.05 Å². The molecule has 0 saturated heterocycles. The standard InChI is InChI=1S/C18H14N4O2S2/c1-22(10-14-19-12-8-9-25-17(12)18(24)21-14)16(23)7-6-15-20-11-4-2-3-5-13(11)26-15/h2-9H,10H2,1H3,(H,19,21,24)/b7-6+. The average molecular weight is 382 g/mol. The minimum absolute atomic E-state index is 0.175. The maximum atomic E-state index is 12.3. The van der Waals surface area contributed by atoms with E-state index in [2.05, 4.69) is 15.0 Å².